The molecule has 0 fully saturated rings. The number of aliphatic hydroxyl groups is 1. The molecule has 24 heavy (non-hydrogen) atoms. The van der Waals surface area contributed by atoms with E-state index < -0.39 is 5.60 Å². The van der Waals surface area contributed by atoms with Crippen LogP contribution < -0.4 is 10.6 Å². The predicted octanol–water partition coefficient (Wildman–Crippen LogP) is 2.88. The molecule has 1 aromatic carbocycles. The van der Waals surface area contributed by atoms with Gasteiger partial charge >= 0.3 is 0 Å². The lowest BCUT2D eigenvalue weighted by Crippen LogP contribution is -2.39. The molecule has 0 spiro atoms. The minimum absolute atomic E-state index is 0. The maximum absolute atomic E-state index is 10.6. The van der Waals surface area contributed by atoms with Crippen LogP contribution in [0, 0.1) is 0 Å². The molecule has 0 heterocycles. The molecule has 0 saturated carbocycles. The van der Waals surface area contributed by atoms with Crippen LogP contribution in [0.1, 0.15) is 39.7 Å². The van der Waals surface area contributed by atoms with E-state index in [4.69, 9.17) is 4.74 Å². The quantitative estimate of drug-likeness (QED) is 0.235. The SMILES string of the molecule is CCNC(=NCC(C)(O)c1ccccc1)NCCCOC(C)C.I. The molecule has 1 unspecified atom stereocenters. The molecule has 0 aromatic heterocycles. The van der Waals surface area contributed by atoms with E-state index in [1.54, 1.807) is 6.92 Å². The molecule has 1 atom stereocenters. The van der Waals surface area contributed by atoms with Gasteiger partial charge in [-0.1, -0.05) is 30.3 Å². The molecule has 0 radical (unpaired) electrons. The van der Waals surface area contributed by atoms with Gasteiger partial charge in [0.15, 0.2) is 5.96 Å². The molecule has 0 amide bonds. The van der Waals surface area contributed by atoms with Crippen LogP contribution in [0.15, 0.2) is 35.3 Å². The highest BCUT2D eigenvalue weighted by Crippen LogP contribution is 2.20. The van der Waals surface area contributed by atoms with Gasteiger partial charge in [0.1, 0.15) is 5.60 Å². The third kappa shape index (κ3) is 9.44. The fraction of sp³-hybridized carbons (Fsp3) is 0.611. The summed E-state index contributed by atoms with van der Waals surface area (Å²) in [6.45, 7) is 10.5. The first-order valence-corrected chi connectivity index (χ1v) is 8.37. The Balaban J connectivity index is 0.00000529. The topological polar surface area (TPSA) is 65.9 Å². The number of nitrogens with zero attached hydrogens (tertiary/aromatic N) is 1. The lowest BCUT2D eigenvalue weighted by atomic mass is 9.96. The minimum Gasteiger partial charge on any atom is -0.384 e. The van der Waals surface area contributed by atoms with Crippen LogP contribution in [0.25, 0.3) is 0 Å². The van der Waals surface area contributed by atoms with E-state index in [2.05, 4.69) is 15.6 Å². The van der Waals surface area contributed by atoms with Crippen molar-refractivity contribution in [2.24, 2.45) is 4.99 Å². The van der Waals surface area contributed by atoms with Crippen molar-refractivity contribution < 1.29 is 9.84 Å². The molecule has 1 rings (SSSR count). The van der Waals surface area contributed by atoms with Crippen LogP contribution >= 0.6 is 24.0 Å². The number of halogens is 1. The zero-order valence-electron chi connectivity index (χ0n) is 15.2. The van der Waals surface area contributed by atoms with Crippen molar-refractivity contribution in [3.63, 3.8) is 0 Å². The number of nitrogens with one attached hydrogen (secondary N) is 2. The van der Waals surface area contributed by atoms with Crippen molar-refractivity contribution >= 4 is 29.9 Å². The zero-order chi connectivity index (χ0) is 17.1. The first-order valence-electron chi connectivity index (χ1n) is 8.37. The summed E-state index contributed by atoms with van der Waals surface area (Å²) in [5.74, 6) is 0.716. The van der Waals surface area contributed by atoms with Crippen molar-refractivity contribution in [1.29, 1.82) is 0 Å². The van der Waals surface area contributed by atoms with E-state index in [0.717, 1.165) is 31.7 Å². The summed E-state index contributed by atoms with van der Waals surface area (Å²) < 4.78 is 5.52. The zero-order valence-corrected chi connectivity index (χ0v) is 17.5. The number of guanidine groups is 1. The van der Waals surface area contributed by atoms with Gasteiger partial charge < -0.3 is 20.5 Å². The monoisotopic (exact) mass is 449 g/mol. The summed E-state index contributed by atoms with van der Waals surface area (Å²) in [4.78, 5) is 4.50. The van der Waals surface area contributed by atoms with E-state index in [1.165, 1.54) is 0 Å². The first-order chi connectivity index (χ1) is 11.0. The van der Waals surface area contributed by atoms with Crippen LogP contribution in [0.3, 0.4) is 0 Å². The molecule has 0 aliphatic rings. The molecule has 0 saturated heterocycles. The summed E-state index contributed by atoms with van der Waals surface area (Å²) in [7, 11) is 0. The van der Waals surface area contributed by atoms with Gasteiger partial charge in [0.2, 0.25) is 0 Å². The molecular formula is C18H32IN3O2. The second-order valence-electron chi connectivity index (χ2n) is 6.03. The standard InChI is InChI=1S/C18H31N3O2.HI/c1-5-19-17(20-12-9-13-23-15(2)3)21-14-18(4,22)16-10-7-6-8-11-16;/h6-8,10-11,15,22H,5,9,12-14H2,1-4H3,(H2,19,20,21);1H. The second-order valence-corrected chi connectivity index (χ2v) is 6.03. The van der Waals surface area contributed by atoms with E-state index in [9.17, 15) is 5.11 Å². The van der Waals surface area contributed by atoms with Crippen molar-refractivity contribution in [2.75, 3.05) is 26.2 Å². The lowest BCUT2D eigenvalue weighted by Gasteiger charge is -2.22. The smallest absolute Gasteiger partial charge is 0.191 e. The molecule has 138 valence electrons. The van der Waals surface area contributed by atoms with Crippen LogP contribution in [0.5, 0.6) is 0 Å². The number of rotatable bonds is 9. The third-order valence-electron chi connectivity index (χ3n) is 3.35. The Kier molecular flexibility index (Phi) is 12.0. The fourth-order valence-corrected chi connectivity index (χ4v) is 2.06. The maximum atomic E-state index is 10.6. The van der Waals surface area contributed by atoms with Gasteiger partial charge in [0.25, 0.3) is 0 Å². The summed E-state index contributed by atoms with van der Waals surface area (Å²) in [5, 5.41) is 17.1. The molecular weight excluding hydrogens is 417 g/mol. The van der Waals surface area contributed by atoms with Crippen molar-refractivity contribution in [1.82, 2.24) is 10.6 Å². The van der Waals surface area contributed by atoms with Gasteiger partial charge in [-0.15, -0.1) is 24.0 Å². The molecule has 6 heteroatoms. The van der Waals surface area contributed by atoms with E-state index in [1.807, 2.05) is 51.1 Å². The average molecular weight is 449 g/mol. The number of aliphatic imine (C=N–C) groups is 1. The van der Waals surface area contributed by atoms with Crippen LogP contribution in [0.2, 0.25) is 0 Å². The summed E-state index contributed by atoms with van der Waals surface area (Å²) >= 11 is 0. The number of benzene rings is 1. The molecule has 3 N–H and O–H groups in total. The lowest BCUT2D eigenvalue weighted by molar-refractivity contribution is 0.0671. The average Bonchev–Trinajstić information content (AvgIpc) is 2.53. The Bertz CT molecular complexity index is 465. The fourth-order valence-electron chi connectivity index (χ4n) is 2.06. The number of hydrogen-bond acceptors (Lipinski definition) is 3. The largest absolute Gasteiger partial charge is 0.384 e. The molecule has 1 aromatic rings. The highest BCUT2D eigenvalue weighted by atomic mass is 127. The first kappa shape index (κ1) is 23.1. The third-order valence-corrected chi connectivity index (χ3v) is 3.35. The molecule has 0 aliphatic heterocycles. The highest BCUT2D eigenvalue weighted by Gasteiger charge is 2.22. The van der Waals surface area contributed by atoms with Gasteiger partial charge in [-0.25, -0.2) is 4.99 Å². The Morgan fingerprint density at radius 2 is 1.92 bits per heavy atom. The number of hydrogen-bond donors (Lipinski definition) is 3. The van der Waals surface area contributed by atoms with E-state index in [-0.39, 0.29) is 30.1 Å². The summed E-state index contributed by atoms with van der Waals surface area (Å²) in [6, 6.07) is 9.61. The van der Waals surface area contributed by atoms with Crippen molar-refractivity contribution in [3.05, 3.63) is 35.9 Å². The Morgan fingerprint density at radius 1 is 1.25 bits per heavy atom. The van der Waals surface area contributed by atoms with Crippen molar-refractivity contribution in [3.8, 4) is 0 Å². The van der Waals surface area contributed by atoms with Crippen LogP contribution in [-0.4, -0.2) is 43.4 Å². The minimum atomic E-state index is -0.982. The maximum Gasteiger partial charge on any atom is 0.191 e. The summed E-state index contributed by atoms with van der Waals surface area (Å²) in [6.07, 6.45) is 1.18. The molecule has 0 aliphatic carbocycles. The summed E-state index contributed by atoms with van der Waals surface area (Å²) in [5.41, 5.74) is -0.116. The Morgan fingerprint density at radius 3 is 2.50 bits per heavy atom. The van der Waals surface area contributed by atoms with E-state index in [0.29, 0.717) is 12.5 Å². The van der Waals surface area contributed by atoms with Gasteiger partial charge in [-0.2, -0.15) is 0 Å². The predicted molar refractivity (Wildman–Crippen MR) is 111 cm³/mol. The molecule has 0 bridgehead atoms. The highest BCUT2D eigenvalue weighted by molar-refractivity contribution is 14.0. The van der Waals surface area contributed by atoms with E-state index >= 15 is 0 Å². The Labute approximate surface area is 163 Å². The van der Waals surface area contributed by atoms with Gasteiger partial charge in [-0.3, -0.25) is 0 Å². The van der Waals surface area contributed by atoms with Gasteiger partial charge in [0, 0.05) is 19.7 Å². The van der Waals surface area contributed by atoms with Crippen molar-refractivity contribution in [2.45, 2.75) is 45.8 Å². The Hall–Kier alpha value is -0.860. The normalized spacial score (nSPS) is 14.0. The van der Waals surface area contributed by atoms with Crippen LogP contribution in [-0.2, 0) is 10.3 Å². The number of ether oxygens (including phenoxy) is 1. The van der Waals surface area contributed by atoms with Gasteiger partial charge in [-0.05, 0) is 39.7 Å². The van der Waals surface area contributed by atoms with Crippen LogP contribution in [0.4, 0.5) is 0 Å². The molecule has 5 nitrogen and oxygen atoms in total. The van der Waals surface area contributed by atoms with Gasteiger partial charge in [0.05, 0.1) is 12.6 Å². The second kappa shape index (κ2) is 12.5.